The predicted molar refractivity (Wildman–Crippen MR) is 56.1 cm³/mol. The number of nitrogens with one attached hydrogen (secondary N) is 1. The van der Waals surface area contributed by atoms with Crippen molar-refractivity contribution < 1.29 is 0 Å². The third-order valence-corrected chi connectivity index (χ3v) is 4.03. The van der Waals surface area contributed by atoms with Crippen LogP contribution in [0.25, 0.3) is 0 Å². The maximum atomic E-state index is 4.40. The first kappa shape index (κ1) is 9.16. The normalized spacial score (nSPS) is 32.0. The highest BCUT2D eigenvalue weighted by Gasteiger charge is 2.52. The molecule has 1 aliphatic rings. The molecule has 72 valence electrons. The third-order valence-electron chi connectivity index (χ3n) is 2.97. The molecule has 0 spiro atoms. The van der Waals surface area contributed by atoms with E-state index in [1.165, 1.54) is 11.4 Å². The van der Waals surface area contributed by atoms with Gasteiger partial charge in [-0.1, -0.05) is 13.8 Å². The summed E-state index contributed by atoms with van der Waals surface area (Å²) in [5, 5.41) is 6.79. The standard InChI is InChI=1S/C10H16N2S/c1-3-11-7-8-6-10(8,2)9-12-4-5-13-9/h4-5,8,11H,3,6-7H2,1-2H3. The second-order valence-electron chi connectivity index (χ2n) is 3.96. The average Bonchev–Trinajstić information content (AvgIpc) is 2.61. The molecule has 2 unspecified atom stereocenters. The molecule has 0 aromatic carbocycles. The molecular weight excluding hydrogens is 180 g/mol. The van der Waals surface area contributed by atoms with E-state index in [1.54, 1.807) is 11.3 Å². The summed E-state index contributed by atoms with van der Waals surface area (Å²) in [6, 6.07) is 0. The fourth-order valence-corrected chi connectivity index (χ4v) is 2.73. The minimum Gasteiger partial charge on any atom is -0.317 e. The molecule has 1 heterocycles. The molecule has 0 saturated heterocycles. The molecule has 1 aromatic heterocycles. The summed E-state index contributed by atoms with van der Waals surface area (Å²) in [5.74, 6) is 0.804. The van der Waals surface area contributed by atoms with Crippen LogP contribution in [0.1, 0.15) is 25.3 Å². The molecule has 3 heteroatoms. The van der Waals surface area contributed by atoms with Crippen molar-refractivity contribution in [1.82, 2.24) is 10.3 Å². The van der Waals surface area contributed by atoms with Gasteiger partial charge in [0.2, 0.25) is 0 Å². The zero-order valence-electron chi connectivity index (χ0n) is 8.21. The zero-order chi connectivity index (χ0) is 9.31. The van der Waals surface area contributed by atoms with Gasteiger partial charge in [-0.2, -0.15) is 0 Å². The fraction of sp³-hybridized carbons (Fsp3) is 0.700. The Morgan fingerprint density at radius 1 is 1.77 bits per heavy atom. The topological polar surface area (TPSA) is 24.9 Å². The van der Waals surface area contributed by atoms with Gasteiger partial charge in [0, 0.05) is 17.0 Å². The lowest BCUT2D eigenvalue weighted by Gasteiger charge is -2.07. The van der Waals surface area contributed by atoms with Crippen LogP contribution in [0.4, 0.5) is 0 Å². The van der Waals surface area contributed by atoms with Gasteiger partial charge < -0.3 is 5.32 Å². The Labute approximate surface area is 83.4 Å². The third kappa shape index (κ3) is 1.63. The highest BCUT2D eigenvalue weighted by Crippen LogP contribution is 2.53. The first-order valence-electron chi connectivity index (χ1n) is 4.88. The number of thiazole rings is 1. The SMILES string of the molecule is CCNCC1CC1(C)c1nccs1. The molecule has 0 aliphatic heterocycles. The molecule has 0 radical (unpaired) electrons. The van der Waals surface area contributed by atoms with E-state index in [0.29, 0.717) is 5.41 Å². The number of hydrogen-bond acceptors (Lipinski definition) is 3. The Kier molecular flexibility index (Phi) is 2.39. The smallest absolute Gasteiger partial charge is 0.0987 e. The molecule has 2 rings (SSSR count). The zero-order valence-corrected chi connectivity index (χ0v) is 9.03. The van der Waals surface area contributed by atoms with Gasteiger partial charge in [-0.25, -0.2) is 4.98 Å². The Bertz CT molecular complexity index is 270. The van der Waals surface area contributed by atoms with Gasteiger partial charge in [-0.15, -0.1) is 11.3 Å². The molecule has 2 nitrogen and oxygen atoms in total. The van der Waals surface area contributed by atoms with E-state index >= 15 is 0 Å². The fourth-order valence-electron chi connectivity index (χ4n) is 1.84. The van der Waals surface area contributed by atoms with Crippen LogP contribution in [0.15, 0.2) is 11.6 Å². The number of nitrogens with zero attached hydrogens (tertiary/aromatic N) is 1. The summed E-state index contributed by atoms with van der Waals surface area (Å²) < 4.78 is 0. The molecule has 1 aromatic rings. The van der Waals surface area contributed by atoms with Gasteiger partial charge in [0.1, 0.15) is 0 Å². The molecular formula is C10H16N2S. The van der Waals surface area contributed by atoms with Crippen LogP contribution in [0.5, 0.6) is 0 Å². The Morgan fingerprint density at radius 2 is 2.62 bits per heavy atom. The number of hydrogen-bond donors (Lipinski definition) is 1. The van der Waals surface area contributed by atoms with Gasteiger partial charge in [0.15, 0.2) is 0 Å². The van der Waals surface area contributed by atoms with Crippen molar-refractivity contribution in [2.24, 2.45) is 5.92 Å². The quantitative estimate of drug-likeness (QED) is 0.797. The van der Waals surface area contributed by atoms with Crippen LogP contribution in [0, 0.1) is 5.92 Å². The van der Waals surface area contributed by atoms with Crippen LogP contribution in [-0.4, -0.2) is 18.1 Å². The number of aromatic nitrogens is 1. The molecule has 13 heavy (non-hydrogen) atoms. The van der Waals surface area contributed by atoms with E-state index in [9.17, 15) is 0 Å². The van der Waals surface area contributed by atoms with Crippen LogP contribution >= 0.6 is 11.3 Å². The van der Waals surface area contributed by atoms with E-state index in [2.05, 4.69) is 29.5 Å². The van der Waals surface area contributed by atoms with Crippen molar-refractivity contribution in [3.63, 3.8) is 0 Å². The Hall–Kier alpha value is -0.410. The highest BCUT2D eigenvalue weighted by molar-refractivity contribution is 7.09. The van der Waals surface area contributed by atoms with Crippen LogP contribution in [0.3, 0.4) is 0 Å². The maximum Gasteiger partial charge on any atom is 0.0987 e. The van der Waals surface area contributed by atoms with Crippen molar-refractivity contribution >= 4 is 11.3 Å². The lowest BCUT2D eigenvalue weighted by Crippen LogP contribution is -2.19. The van der Waals surface area contributed by atoms with E-state index < -0.39 is 0 Å². The van der Waals surface area contributed by atoms with Crippen molar-refractivity contribution in [1.29, 1.82) is 0 Å². The van der Waals surface area contributed by atoms with E-state index in [4.69, 9.17) is 0 Å². The summed E-state index contributed by atoms with van der Waals surface area (Å²) in [6.07, 6.45) is 3.21. The first-order valence-corrected chi connectivity index (χ1v) is 5.76. The molecule has 1 fully saturated rings. The Morgan fingerprint density at radius 3 is 3.23 bits per heavy atom. The summed E-state index contributed by atoms with van der Waals surface area (Å²) in [7, 11) is 0. The predicted octanol–water partition coefficient (Wildman–Crippen LogP) is 2.03. The molecule has 1 saturated carbocycles. The molecule has 0 bridgehead atoms. The van der Waals surface area contributed by atoms with Gasteiger partial charge in [-0.05, 0) is 25.4 Å². The minimum absolute atomic E-state index is 0.385. The average molecular weight is 196 g/mol. The number of rotatable bonds is 4. The van der Waals surface area contributed by atoms with Crippen molar-refractivity contribution in [3.8, 4) is 0 Å². The summed E-state index contributed by atoms with van der Waals surface area (Å²) in [6.45, 7) is 6.70. The lowest BCUT2D eigenvalue weighted by atomic mass is 10.1. The lowest BCUT2D eigenvalue weighted by molar-refractivity contribution is 0.589. The van der Waals surface area contributed by atoms with Crippen molar-refractivity contribution in [2.45, 2.75) is 25.7 Å². The maximum absolute atomic E-state index is 4.40. The largest absolute Gasteiger partial charge is 0.317 e. The van der Waals surface area contributed by atoms with Gasteiger partial charge in [-0.3, -0.25) is 0 Å². The van der Waals surface area contributed by atoms with E-state index in [-0.39, 0.29) is 0 Å². The molecule has 1 aliphatic carbocycles. The van der Waals surface area contributed by atoms with E-state index in [0.717, 1.165) is 19.0 Å². The minimum atomic E-state index is 0.385. The summed E-state index contributed by atoms with van der Waals surface area (Å²) in [5.41, 5.74) is 0.385. The van der Waals surface area contributed by atoms with Crippen LogP contribution in [0.2, 0.25) is 0 Å². The van der Waals surface area contributed by atoms with Gasteiger partial charge >= 0.3 is 0 Å². The van der Waals surface area contributed by atoms with Crippen molar-refractivity contribution in [3.05, 3.63) is 16.6 Å². The van der Waals surface area contributed by atoms with Crippen LogP contribution < -0.4 is 5.32 Å². The summed E-state index contributed by atoms with van der Waals surface area (Å²) in [4.78, 5) is 4.40. The van der Waals surface area contributed by atoms with Gasteiger partial charge in [0.25, 0.3) is 0 Å². The highest BCUT2D eigenvalue weighted by atomic mass is 32.1. The second kappa shape index (κ2) is 3.39. The monoisotopic (exact) mass is 196 g/mol. The Balaban J connectivity index is 1.95. The van der Waals surface area contributed by atoms with Gasteiger partial charge in [0.05, 0.1) is 5.01 Å². The first-order chi connectivity index (χ1) is 6.27. The molecule has 2 atom stereocenters. The van der Waals surface area contributed by atoms with E-state index in [1.807, 2.05) is 6.20 Å². The van der Waals surface area contributed by atoms with Crippen molar-refractivity contribution in [2.75, 3.05) is 13.1 Å². The van der Waals surface area contributed by atoms with Crippen LogP contribution in [-0.2, 0) is 5.41 Å². The molecule has 0 amide bonds. The summed E-state index contributed by atoms with van der Waals surface area (Å²) >= 11 is 1.79. The second-order valence-corrected chi connectivity index (χ2v) is 4.86. The molecule has 1 N–H and O–H groups in total.